The highest BCUT2D eigenvalue weighted by molar-refractivity contribution is 5.95. The lowest BCUT2D eigenvalue weighted by Crippen LogP contribution is -2.48. The molecule has 1 aromatic carbocycles. The summed E-state index contributed by atoms with van der Waals surface area (Å²) < 4.78 is 39.1. The van der Waals surface area contributed by atoms with E-state index in [9.17, 15) is 22.8 Å². The van der Waals surface area contributed by atoms with Crippen LogP contribution in [0.5, 0.6) is 0 Å². The Morgan fingerprint density at radius 3 is 2.38 bits per heavy atom. The Kier molecular flexibility index (Phi) is 4.17. The molecule has 1 aliphatic heterocycles. The largest absolute Gasteiger partial charge is 0.418 e. The Bertz CT molecular complexity index is 568. The summed E-state index contributed by atoms with van der Waals surface area (Å²) in [5, 5.41) is 7.44. The Morgan fingerprint density at radius 1 is 1.24 bits per heavy atom. The molecule has 2 rings (SSSR count). The van der Waals surface area contributed by atoms with Crippen LogP contribution >= 0.6 is 0 Å². The molecule has 0 aliphatic carbocycles. The van der Waals surface area contributed by atoms with Gasteiger partial charge in [0.1, 0.15) is 0 Å². The van der Waals surface area contributed by atoms with Gasteiger partial charge in [0, 0.05) is 25.7 Å². The van der Waals surface area contributed by atoms with E-state index in [0.717, 1.165) is 12.1 Å². The van der Waals surface area contributed by atoms with Gasteiger partial charge in [-0.2, -0.15) is 13.2 Å². The van der Waals surface area contributed by atoms with Crippen LogP contribution in [0.2, 0.25) is 0 Å². The number of amides is 2. The van der Waals surface area contributed by atoms with Crippen LogP contribution in [-0.2, 0) is 15.8 Å². The Hall–Kier alpha value is -2.09. The topological polar surface area (TPSA) is 70.2 Å². The molecule has 0 radical (unpaired) electrons. The van der Waals surface area contributed by atoms with Crippen LogP contribution in [0.1, 0.15) is 12.5 Å². The van der Waals surface area contributed by atoms with Crippen molar-refractivity contribution < 1.29 is 22.8 Å². The van der Waals surface area contributed by atoms with Crippen molar-refractivity contribution in [2.75, 3.05) is 23.7 Å². The molecule has 1 heterocycles. The summed E-state index contributed by atoms with van der Waals surface area (Å²) in [7, 11) is 0. The molecule has 0 bridgehead atoms. The lowest BCUT2D eigenvalue weighted by atomic mass is 10.0. The van der Waals surface area contributed by atoms with Gasteiger partial charge in [-0.05, 0) is 18.2 Å². The number of rotatable bonds is 3. The summed E-state index contributed by atoms with van der Waals surface area (Å²) in [5.41, 5.74) is -1.28. The third-order valence-corrected chi connectivity index (χ3v) is 3.06. The molecule has 3 N–H and O–H groups in total. The normalized spacial score (nSPS) is 15.2. The van der Waals surface area contributed by atoms with Gasteiger partial charge in [-0.1, -0.05) is 0 Å². The second kappa shape index (κ2) is 5.72. The molecule has 0 saturated carbocycles. The lowest BCUT2D eigenvalue weighted by Gasteiger charge is -2.26. The predicted molar refractivity (Wildman–Crippen MR) is 70.7 cm³/mol. The summed E-state index contributed by atoms with van der Waals surface area (Å²) in [4.78, 5) is 22.7. The number of benzene rings is 1. The first-order valence-electron chi connectivity index (χ1n) is 6.28. The fourth-order valence-electron chi connectivity index (χ4n) is 1.88. The van der Waals surface area contributed by atoms with Gasteiger partial charge in [0.05, 0.1) is 17.2 Å². The second-order valence-electron chi connectivity index (χ2n) is 4.78. The van der Waals surface area contributed by atoms with Crippen LogP contribution in [-0.4, -0.2) is 24.9 Å². The van der Waals surface area contributed by atoms with Crippen LogP contribution < -0.4 is 16.0 Å². The van der Waals surface area contributed by atoms with Crippen molar-refractivity contribution in [3.05, 3.63) is 23.8 Å². The number of halogens is 3. The van der Waals surface area contributed by atoms with E-state index in [1.807, 2.05) is 0 Å². The molecule has 21 heavy (non-hydrogen) atoms. The van der Waals surface area contributed by atoms with Crippen molar-refractivity contribution >= 4 is 23.2 Å². The first kappa shape index (κ1) is 15.3. The van der Waals surface area contributed by atoms with Crippen molar-refractivity contribution in [1.82, 2.24) is 5.32 Å². The van der Waals surface area contributed by atoms with Crippen LogP contribution in [0.25, 0.3) is 0 Å². The zero-order valence-corrected chi connectivity index (χ0v) is 11.2. The summed E-state index contributed by atoms with van der Waals surface area (Å²) in [6, 6.07) is 3.25. The van der Waals surface area contributed by atoms with Crippen molar-refractivity contribution in [1.29, 1.82) is 0 Å². The fourth-order valence-corrected chi connectivity index (χ4v) is 1.88. The van der Waals surface area contributed by atoms with E-state index >= 15 is 0 Å². The standard InChI is InChI=1S/C13H14F3N3O2/c1-7(20)18-9-2-3-11(10(4-9)13(14,15)16)19-12(21)8-5-17-6-8/h2-4,8,17H,5-6H2,1H3,(H,18,20)(H,19,21). The fraction of sp³-hybridized carbons (Fsp3) is 0.385. The highest BCUT2D eigenvalue weighted by Gasteiger charge is 2.35. The molecule has 1 aromatic rings. The lowest BCUT2D eigenvalue weighted by molar-refractivity contribution is -0.137. The Morgan fingerprint density at radius 2 is 1.90 bits per heavy atom. The minimum atomic E-state index is -4.63. The van der Waals surface area contributed by atoms with Gasteiger partial charge in [0.2, 0.25) is 11.8 Å². The maximum Gasteiger partial charge on any atom is 0.418 e. The Balaban J connectivity index is 2.26. The third-order valence-electron chi connectivity index (χ3n) is 3.06. The number of nitrogens with one attached hydrogen (secondary N) is 3. The van der Waals surface area contributed by atoms with E-state index in [-0.39, 0.29) is 17.3 Å². The maximum atomic E-state index is 13.0. The molecule has 0 unspecified atom stereocenters. The van der Waals surface area contributed by atoms with Gasteiger partial charge in [0.15, 0.2) is 0 Å². The van der Waals surface area contributed by atoms with Crippen LogP contribution in [0, 0.1) is 5.92 Å². The molecule has 1 saturated heterocycles. The maximum absolute atomic E-state index is 13.0. The van der Waals surface area contributed by atoms with Crippen molar-refractivity contribution in [2.24, 2.45) is 5.92 Å². The molecule has 0 atom stereocenters. The predicted octanol–water partition coefficient (Wildman–Crippen LogP) is 1.82. The van der Waals surface area contributed by atoms with Gasteiger partial charge < -0.3 is 16.0 Å². The molecule has 8 heteroatoms. The van der Waals surface area contributed by atoms with Crippen LogP contribution in [0.15, 0.2) is 18.2 Å². The average molecular weight is 301 g/mol. The van der Waals surface area contributed by atoms with E-state index < -0.39 is 23.6 Å². The quantitative estimate of drug-likeness (QED) is 0.797. The SMILES string of the molecule is CC(=O)Nc1ccc(NC(=O)C2CNC2)c(C(F)(F)F)c1. The van der Waals surface area contributed by atoms with Gasteiger partial charge in [-0.25, -0.2) is 0 Å². The van der Waals surface area contributed by atoms with E-state index in [1.54, 1.807) is 0 Å². The molecular weight excluding hydrogens is 287 g/mol. The van der Waals surface area contributed by atoms with E-state index in [2.05, 4.69) is 16.0 Å². The molecular formula is C13H14F3N3O2. The summed E-state index contributed by atoms with van der Waals surface area (Å²) in [6.07, 6.45) is -4.63. The zero-order chi connectivity index (χ0) is 15.6. The molecule has 1 fully saturated rings. The molecule has 0 aromatic heterocycles. The van der Waals surface area contributed by atoms with E-state index in [0.29, 0.717) is 13.1 Å². The average Bonchev–Trinajstić information content (AvgIpc) is 2.26. The molecule has 5 nitrogen and oxygen atoms in total. The zero-order valence-electron chi connectivity index (χ0n) is 11.2. The minimum absolute atomic E-state index is 0.0261. The van der Waals surface area contributed by atoms with Gasteiger partial charge in [-0.3, -0.25) is 9.59 Å². The number of hydrogen-bond donors (Lipinski definition) is 3. The van der Waals surface area contributed by atoms with Gasteiger partial charge >= 0.3 is 6.18 Å². The number of anilines is 2. The van der Waals surface area contributed by atoms with Gasteiger partial charge in [0.25, 0.3) is 0 Å². The third kappa shape index (κ3) is 3.72. The molecule has 1 aliphatic rings. The van der Waals surface area contributed by atoms with Crippen molar-refractivity contribution in [3.63, 3.8) is 0 Å². The van der Waals surface area contributed by atoms with Crippen LogP contribution in [0.3, 0.4) is 0 Å². The number of alkyl halides is 3. The molecule has 114 valence electrons. The van der Waals surface area contributed by atoms with E-state index in [1.165, 1.54) is 13.0 Å². The Labute approximate surface area is 118 Å². The number of hydrogen-bond acceptors (Lipinski definition) is 3. The summed E-state index contributed by atoms with van der Waals surface area (Å²) in [5.74, 6) is -1.24. The first-order chi connectivity index (χ1) is 9.77. The van der Waals surface area contributed by atoms with E-state index in [4.69, 9.17) is 0 Å². The summed E-state index contributed by atoms with van der Waals surface area (Å²) >= 11 is 0. The first-order valence-corrected chi connectivity index (χ1v) is 6.28. The number of carbonyl (C=O) groups excluding carboxylic acids is 2. The van der Waals surface area contributed by atoms with Gasteiger partial charge in [-0.15, -0.1) is 0 Å². The second-order valence-corrected chi connectivity index (χ2v) is 4.78. The van der Waals surface area contributed by atoms with Crippen molar-refractivity contribution in [2.45, 2.75) is 13.1 Å². The monoisotopic (exact) mass is 301 g/mol. The molecule has 0 spiro atoms. The smallest absolute Gasteiger partial charge is 0.326 e. The highest BCUT2D eigenvalue weighted by atomic mass is 19.4. The number of carbonyl (C=O) groups is 2. The highest BCUT2D eigenvalue weighted by Crippen LogP contribution is 2.36. The molecule has 2 amide bonds. The van der Waals surface area contributed by atoms with Crippen molar-refractivity contribution in [3.8, 4) is 0 Å². The summed E-state index contributed by atoms with van der Waals surface area (Å²) in [6.45, 7) is 2.11. The van der Waals surface area contributed by atoms with Crippen LogP contribution in [0.4, 0.5) is 24.5 Å². The minimum Gasteiger partial charge on any atom is -0.326 e.